The highest BCUT2D eigenvalue weighted by molar-refractivity contribution is 5.76. The predicted octanol–water partition coefficient (Wildman–Crippen LogP) is 0.605. The summed E-state index contributed by atoms with van der Waals surface area (Å²) in [6.45, 7) is 1.37. The van der Waals surface area contributed by atoms with E-state index in [-0.39, 0.29) is 12.0 Å². The predicted molar refractivity (Wildman–Crippen MR) is 50.8 cm³/mol. The standard InChI is InChI=1S/C10H17NO3/c11-8(7-2-5-14-6-7)10(9(12)13)3-1-4-10/h7-8H,1-6,11H2,(H,12,13). The first kappa shape index (κ1) is 9.93. The number of aliphatic carboxylic acids is 1. The molecule has 0 amide bonds. The SMILES string of the molecule is NC(C1CCOC1)C1(C(=O)O)CCC1. The van der Waals surface area contributed by atoms with Crippen LogP contribution in [0, 0.1) is 11.3 Å². The molecule has 4 heteroatoms. The normalized spacial score (nSPS) is 32.2. The average molecular weight is 199 g/mol. The van der Waals surface area contributed by atoms with E-state index in [0.29, 0.717) is 6.61 Å². The van der Waals surface area contributed by atoms with E-state index in [0.717, 1.165) is 32.3 Å². The zero-order chi connectivity index (χ0) is 10.2. The van der Waals surface area contributed by atoms with Crippen molar-refractivity contribution in [3.8, 4) is 0 Å². The van der Waals surface area contributed by atoms with E-state index in [2.05, 4.69) is 0 Å². The lowest BCUT2D eigenvalue weighted by Crippen LogP contribution is -2.55. The van der Waals surface area contributed by atoms with Crippen molar-refractivity contribution in [2.24, 2.45) is 17.1 Å². The molecule has 0 radical (unpaired) electrons. The second-order valence-corrected chi connectivity index (χ2v) is 4.46. The van der Waals surface area contributed by atoms with E-state index in [1.165, 1.54) is 0 Å². The van der Waals surface area contributed by atoms with Gasteiger partial charge in [0.1, 0.15) is 0 Å². The summed E-state index contributed by atoms with van der Waals surface area (Å²) in [4.78, 5) is 11.2. The first-order chi connectivity index (χ1) is 6.67. The Morgan fingerprint density at radius 3 is 2.64 bits per heavy atom. The third-order valence-corrected chi connectivity index (χ3v) is 3.78. The van der Waals surface area contributed by atoms with Gasteiger partial charge in [-0.05, 0) is 19.3 Å². The highest BCUT2D eigenvalue weighted by atomic mass is 16.5. The topological polar surface area (TPSA) is 72.5 Å². The van der Waals surface area contributed by atoms with Crippen molar-refractivity contribution in [1.29, 1.82) is 0 Å². The van der Waals surface area contributed by atoms with E-state index >= 15 is 0 Å². The van der Waals surface area contributed by atoms with Crippen LogP contribution in [-0.2, 0) is 9.53 Å². The molecule has 0 aromatic carbocycles. The lowest BCUT2D eigenvalue weighted by molar-refractivity contribution is -0.157. The van der Waals surface area contributed by atoms with Gasteiger partial charge in [-0.15, -0.1) is 0 Å². The molecule has 2 rings (SSSR count). The first-order valence-corrected chi connectivity index (χ1v) is 5.23. The molecule has 0 aromatic rings. The largest absolute Gasteiger partial charge is 0.481 e. The molecular weight excluding hydrogens is 182 g/mol. The smallest absolute Gasteiger partial charge is 0.311 e. The molecule has 0 bridgehead atoms. The molecule has 0 spiro atoms. The number of ether oxygens (including phenoxy) is 1. The van der Waals surface area contributed by atoms with Gasteiger partial charge in [0.15, 0.2) is 0 Å². The molecule has 80 valence electrons. The van der Waals surface area contributed by atoms with Crippen LogP contribution in [-0.4, -0.2) is 30.3 Å². The van der Waals surface area contributed by atoms with Crippen LogP contribution >= 0.6 is 0 Å². The van der Waals surface area contributed by atoms with Crippen LogP contribution in [0.5, 0.6) is 0 Å². The zero-order valence-electron chi connectivity index (χ0n) is 8.24. The van der Waals surface area contributed by atoms with Gasteiger partial charge < -0.3 is 15.6 Å². The summed E-state index contributed by atoms with van der Waals surface area (Å²) in [5.74, 6) is -0.477. The van der Waals surface area contributed by atoms with Gasteiger partial charge in [-0.25, -0.2) is 0 Å². The lowest BCUT2D eigenvalue weighted by atomic mass is 9.61. The van der Waals surface area contributed by atoms with Crippen LogP contribution in [0.1, 0.15) is 25.7 Å². The minimum Gasteiger partial charge on any atom is -0.481 e. The van der Waals surface area contributed by atoms with Gasteiger partial charge in [-0.3, -0.25) is 4.79 Å². The maximum atomic E-state index is 11.2. The Balaban J connectivity index is 2.07. The van der Waals surface area contributed by atoms with Crippen molar-refractivity contribution in [2.45, 2.75) is 31.7 Å². The molecule has 14 heavy (non-hydrogen) atoms. The molecule has 1 saturated carbocycles. The Morgan fingerprint density at radius 1 is 1.57 bits per heavy atom. The van der Waals surface area contributed by atoms with Crippen LogP contribution in [0.25, 0.3) is 0 Å². The fraction of sp³-hybridized carbons (Fsp3) is 0.900. The van der Waals surface area contributed by atoms with Gasteiger partial charge in [-0.1, -0.05) is 6.42 Å². The van der Waals surface area contributed by atoms with E-state index in [1.54, 1.807) is 0 Å². The monoisotopic (exact) mass is 199 g/mol. The summed E-state index contributed by atoms with van der Waals surface area (Å²) < 4.78 is 5.25. The summed E-state index contributed by atoms with van der Waals surface area (Å²) >= 11 is 0. The maximum absolute atomic E-state index is 11.2. The van der Waals surface area contributed by atoms with E-state index in [4.69, 9.17) is 10.5 Å². The molecule has 2 aliphatic rings. The van der Waals surface area contributed by atoms with Gasteiger partial charge >= 0.3 is 5.97 Å². The van der Waals surface area contributed by atoms with Crippen LogP contribution in [0.4, 0.5) is 0 Å². The van der Waals surface area contributed by atoms with Crippen molar-refractivity contribution in [1.82, 2.24) is 0 Å². The van der Waals surface area contributed by atoms with Crippen LogP contribution in [0.3, 0.4) is 0 Å². The van der Waals surface area contributed by atoms with Crippen LogP contribution in [0.2, 0.25) is 0 Å². The summed E-state index contributed by atoms with van der Waals surface area (Å²) in [6, 6.07) is -0.226. The minimum absolute atomic E-state index is 0.226. The van der Waals surface area contributed by atoms with E-state index < -0.39 is 11.4 Å². The molecular formula is C10H17NO3. The summed E-state index contributed by atoms with van der Waals surface area (Å²) in [5, 5.41) is 9.19. The quantitative estimate of drug-likeness (QED) is 0.698. The number of carbonyl (C=O) groups is 1. The molecule has 2 unspecified atom stereocenters. The number of hydrogen-bond donors (Lipinski definition) is 2. The molecule has 1 aliphatic carbocycles. The van der Waals surface area contributed by atoms with Gasteiger partial charge in [0.05, 0.1) is 12.0 Å². The summed E-state index contributed by atoms with van der Waals surface area (Å²) in [5.41, 5.74) is 5.42. The van der Waals surface area contributed by atoms with Crippen molar-refractivity contribution in [3.05, 3.63) is 0 Å². The Morgan fingerprint density at radius 2 is 2.29 bits per heavy atom. The maximum Gasteiger partial charge on any atom is 0.311 e. The first-order valence-electron chi connectivity index (χ1n) is 5.23. The number of rotatable bonds is 3. The number of carboxylic acid groups (broad SMARTS) is 1. The number of carboxylic acids is 1. The third kappa shape index (κ3) is 1.33. The number of hydrogen-bond acceptors (Lipinski definition) is 3. The highest BCUT2D eigenvalue weighted by Gasteiger charge is 2.51. The van der Waals surface area contributed by atoms with Gasteiger partial charge in [0.25, 0.3) is 0 Å². The minimum atomic E-state index is -0.719. The van der Waals surface area contributed by atoms with Gasteiger partial charge in [-0.2, -0.15) is 0 Å². The lowest BCUT2D eigenvalue weighted by Gasteiger charge is -2.44. The third-order valence-electron chi connectivity index (χ3n) is 3.78. The van der Waals surface area contributed by atoms with E-state index in [9.17, 15) is 9.90 Å². The summed E-state index contributed by atoms with van der Waals surface area (Å²) in [7, 11) is 0. The van der Waals surface area contributed by atoms with Crippen molar-refractivity contribution in [2.75, 3.05) is 13.2 Å². The molecule has 1 saturated heterocycles. The molecule has 1 aliphatic heterocycles. The Kier molecular flexibility index (Phi) is 2.49. The zero-order valence-corrected chi connectivity index (χ0v) is 8.24. The van der Waals surface area contributed by atoms with Gasteiger partial charge in [0, 0.05) is 18.6 Å². The van der Waals surface area contributed by atoms with Gasteiger partial charge in [0.2, 0.25) is 0 Å². The highest BCUT2D eigenvalue weighted by Crippen LogP contribution is 2.46. The van der Waals surface area contributed by atoms with Crippen LogP contribution < -0.4 is 5.73 Å². The molecule has 0 aromatic heterocycles. The molecule has 2 atom stereocenters. The second-order valence-electron chi connectivity index (χ2n) is 4.46. The fourth-order valence-corrected chi connectivity index (χ4v) is 2.53. The van der Waals surface area contributed by atoms with Crippen molar-refractivity contribution in [3.63, 3.8) is 0 Å². The van der Waals surface area contributed by atoms with Crippen LogP contribution in [0.15, 0.2) is 0 Å². The number of nitrogens with two attached hydrogens (primary N) is 1. The Bertz CT molecular complexity index is 232. The molecule has 4 nitrogen and oxygen atoms in total. The molecule has 3 N–H and O–H groups in total. The second kappa shape index (κ2) is 3.51. The summed E-state index contributed by atoms with van der Waals surface area (Å²) in [6.07, 6.45) is 3.38. The Hall–Kier alpha value is -0.610. The fourth-order valence-electron chi connectivity index (χ4n) is 2.53. The van der Waals surface area contributed by atoms with Crippen molar-refractivity contribution >= 4 is 5.97 Å². The Labute approximate surface area is 83.4 Å². The molecule has 2 fully saturated rings. The average Bonchev–Trinajstić information content (AvgIpc) is 2.51. The van der Waals surface area contributed by atoms with E-state index in [1.807, 2.05) is 0 Å². The molecule has 1 heterocycles. The van der Waals surface area contributed by atoms with Crippen molar-refractivity contribution < 1.29 is 14.6 Å².